The van der Waals surface area contributed by atoms with E-state index in [0.29, 0.717) is 6.61 Å². The fraction of sp³-hybridized carbons (Fsp3) is 0.562. The van der Waals surface area contributed by atoms with Crippen molar-refractivity contribution in [2.75, 3.05) is 46.4 Å². The molecular weight excluding hydrogens is 288 g/mol. The van der Waals surface area contributed by atoms with Crippen LogP contribution in [0.25, 0.3) is 0 Å². The minimum Gasteiger partial charge on any atom is -0.492 e. The Bertz CT molecular complexity index is 513. The van der Waals surface area contributed by atoms with Gasteiger partial charge in [0.15, 0.2) is 5.78 Å². The Balaban J connectivity index is 0.00000161. The Morgan fingerprint density at radius 2 is 1.95 bits per heavy atom. The van der Waals surface area contributed by atoms with Crippen molar-refractivity contribution in [2.24, 2.45) is 5.92 Å². The maximum Gasteiger partial charge on any atom is 0.174 e. The first kappa shape index (κ1) is 16.3. The molecule has 0 radical (unpaired) electrons. The molecular formula is C16H23ClN2O2. The monoisotopic (exact) mass is 310 g/mol. The van der Waals surface area contributed by atoms with Crippen molar-refractivity contribution < 1.29 is 9.53 Å². The predicted octanol–water partition coefficient (Wildman–Crippen LogP) is 1.86. The number of Topliss-reactive ketones (excluding diaryl/α,β-unsaturated/α-hetero) is 1. The SMILES string of the molecule is Cc1ccc2c(c1)C(=O)C(CN1CCN(C)CC1)CO2.Cl. The number of nitrogens with zero attached hydrogens (tertiary/aromatic N) is 2. The summed E-state index contributed by atoms with van der Waals surface area (Å²) in [6.45, 7) is 7.59. The number of carbonyl (C=O) groups is 1. The maximum atomic E-state index is 12.6. The first-order valence-electron chi connectivity index (χ1n) is 7.32. The van der Waals surface area contributed by atoms with E-state index in [9.17, 15) is 4.79 Å². The summed E-state index contributed by atoms with van der Waals surface area (Å²) >= 11 is 0. The van der Waals surface area contributed by atoms with Crippen LogP contribution in [0.15, 0.2) is 18.2 Å². The molecule has 1 unspecified atom stereocenters. The van der Waals surface area contributed by atoms with Crippen LogP contribution in [0.5, 0.6) is 5.75 Å². The third-order valence-electron chi connectivity index (χ3n) is 4.29. The topological polar surface area (TPSA) is 32.8 Å². The molecule has 1 atom stereocenters. The van der Waals surface area contributed by atoms with Gasteiger partial charge in [-0.05, 0) is 26.1 Å². The zero-order chi connectivity index (χ0) is 14.1. The number of hydrogen-bond donors (Lipinski definition) is 0. The molecule has 0 amide bonds. The summed E-state index contributed by atoms with van der Waals surface area (Å²) in [4.78, 5) is 17.3. The van der Waals surface area contributed by atoms with Crippen LogP contribution < -0.4 is 4.74 Å². The molecule has 116 valence electrons. The van der Waals surface area contributed by atoms with Crippen LogP contribution >= 0.6 is 12.4 Å². The van der Waals surface area contributed by atoms with Gasteiger partial charge in [0.1, 0.15) is 5.75 Å². The van der Waals surface area contributed by atoms with E-state index in [1.54, 1.807) is 0 Å². The number of ether oxygens (including phenoxy) is 1. The maximum absolute atomic E-state index is 12.6. The van der Waals surface area contributed by atoms with Gasteiger partial charge in [-0.3, -0.25) is 9.69 Å². The van der Waals surface area contributed by atoms with E-state index in [0.717, 1.165) is 49.6 Å². The number of ketones is 1. The summed E-state index contributed by atoms with van der Waals surface area (Å²) < 4.78 is 5.77. The first-order chi connectivity index (χ1) is 9.63. The Morgan fingerprint density at radius 1 is 1.24 bits per heavy atom. The number of hydrogen-bond acceptors (Lipinski definition) is 4. The summed E-state index contributed by atoms with van der Waals surface area (Å²) in [5.74, 6) is 0.969. The highest BCUT2D eigenvalue weighted by Gasteiger charge is 2.30. The second-order valence-corrected chi connectivity index (χ2v) is 5.98. The molecule has 0 bridgehead atoms. The molecule has 21 heavy (non-hydrogen) atoms. The third-order valence-corrected chi connectivity index (χ3v) is 4.29. The number of fused-ring (bicyclic) bond motifs is 1. The molecule has 0 aromatic heterocycles. The summed E-state index contributed by atoms with van der Waals surface area (Å²) in [6.07, 6.45) is 0. The zero-order valence-corrected chi connectivity index (χ0v) is 13.5. The van der Waals surface area contributed by atoms with Crippen LogP contribution in [0, 0.1) is 12.8 Å². The fourth-order valence-electron chi connectivity index (χ4n) is 2.93. The molecule has 1 aromatic rings. The van der Waals surface area contributed by atoms with E-state index in [-0.39, 0.29) is 24.1 Å². The highest BCUT2D eigenvalue weighted by atomic mass is 35.5. The lowest BCUT2D eigenvalue weighted by atomic mass is 9.93. The van der Waals surface area contributed by atoms with E-state index < -0.39 is 0 Å². The molecule has 5 heteroatoms. The largest absolute Gasteiger partial charge is 0.492 e. The lowest BCUT2D eigenvalue weighted by Gasteiger charge is -2.35. The number of piperazine rings is 1. The molecule has 1 aromatic carbocycles. The Hall–Kier alpha value is -1.10. The summed E-state index contributed by atoms with van der Waals surface area (Å²) in [6, 6.07) is 5.86. The fourth-order valence-corrected chi connectivity index (χ4v) is 2.93. The van der Waals surface area contributed by atoms with Crippen LogP contribution in [0.3, 0.4) is 0 Å². The van der Waals surface area contributed by atoms with Crippen LogP contribution in [-0.4, -0.2) is 62.0 Å². The Morgan fingerprint density at radius 3 is 2.67 bits per heavy atom. The van der Waals surface area contributed by atoms with Gasteiger partial charge in [-0.2, -0.15) is 0 Å². The van der Waals surface area contributed by atoms with E-state index in [1.165, 1.54) is 0 Å². The summed E-state index contributed by atoms with van der Waals surface area (Å²) in [5.41, 5.74) is 1.87. The Kier molecular flexibility index (Phi) is 5.25. The van der Waals surface area contributed by atoms with Gasteiger partial charge in [-0.1, -0.05) is 11.6 Å². The van der Waals surface area contributed by atoms with Gasteiger partial charge in [-0.15, -0.1) is 12.4 Å². The standard InChI is InChI=1S/C16H22N2O2.ClH/c1-12-3-4-15-14(9-12)16(19)13(11-20-15)10-18-7-5-17(2)6-8-18;/h3-4,9,13H,5-8,10-11H2,1-2H3;1H. The van der Waals surface area contributed by atoms with Gasteiger partial charge in [-0.25, -0.2) is 0 Å². The highest BCUT2D eigenvalue weighted by Crippen LogP contribution is 2.28. The van der Waals surface area contributed by atoms with Crippen molar-refractivity contribution in [1.29, 1.82) is 0 Å². The van der Waals surface area contributed by atoms with E-state index >= 15 is 0 Å². The zero-order valence-electron chi connectivity index (χ0n) is 12.7. The van der Waals surface area contributed by atoms with Gasteiger partial charge in [0.05, 0.1) is 18.1 Å². The number of halogens is 1. The molecule has 0 N–H and O–H groups in total. The molecule has 2 heterocycles. The minimum absolute atomic E-state index is 0. The molecule has 0 aliphatic carbocycles. The highest BCUT2D eigenvalue weighted by molar-refractivity contribution is 6.01. The minimum atomic E-state index is -0.0206. The van der Waals surface area contributed by atoms with Crippen molar-refractivity contribution in [3.63, 3.8) is 0 Å². The third kappa shape index (κ3) is 3.57. The van der Waals surface area contributed by atoms with Crippen molar-refractivity contribution in [2.45, 2.75) is 6.92 Å². The van der Waals surface area contributed by atoms with Gasteiger partial charge in [0.25, 0.3) is 0 Å². The molecule has 0 spiro atoms. The van der Waals surface area contributed by atoms with Crippen LogP contribution in [0.4, 0.5) is 0 Å². The number of likely N-dealkylation sites (N-methyl/N-ethyl adjacent to an activating group) is 1. The average molecular weight is 311 g/mol. The smallest absolute Gasteiger partial charge is 0.174 e. The quantitative estimate of drug-likeness (QED) is 0.835. The lowest BCUT2D eigenvalue weighted by molar-refractivity contribution is 0.0712. The van der Waals surface area contributed by atoms with Crippen molar-refractivity contribution in [1.82, 2.24) is 9.80 Å². The molecule has 3 rings (SSSR count). The molecule has 1 fully saturated rings. The van der Waals surface area contributed by atoms with E-state index in [1.807, 2.05) is 25.1 Å². The van der Waals surface area contributed by atoms with Gasteiger partial charge < -0.3 is 9.64 Å². The molecule has 2 aliphatic rings. The van der Waals surface area contributed by atoms with Gasteiger partial charge in [0, 0.05) is 32.7 Å². The first-order valence-corrected chi connectivity index (χ1v) is 7.32. The van der Waals surface area contributed by atoms with Crippen LogP contribution in [0.2, 0.25) is 0 Å². The van der Waals surface area contributed by atoms with Crippen LogP contribution in [-0.2, 0) is 0 Å². The van der Waals surface area contributed by atoms with Crippen molar-refractivity contribution in [3.8, 4) is 5.75 Å². The van der Waals surface area contributed by atoms with Crippen molar-refractivity contribution >= 4 is 18.2 Å². The van der Waals surface area contributed by atoms with Crippen molar-refractivity contribution in [3.05, 3.63) is 29.3 Å². The Labute approximate surface area is 132 Å². The molecule has 0 saturated carbocycles. The average Bonchev–Trinajstić information content (AvgIpc) is 2.45. The number of carbonyl (C=O) groups excluding carboxylic acids is 1. The van der Waals surface area contributed by atoms with E-state index in [4.69, 9.17) is 4.74 Å². The van der Waals surface area contributed by atoms with Gasteiger partial charge >= 0.3 is 0 Å². The second-order valence-electron chi connectivity index (χ2n) is 5.98. The second kappa shape index (κ2) is 6.77. The number of benzene rings is 1. The number of rotatable bonds is 2. The lowest BCUT2D eigenvalue weighted by Crippen LogP contribution is -2.48. The summed E-state index contributed by atoms with van der Waals surface area (Å²) in [5, 5.41) is 0. The van der Waals surface area contributed by atoms with E-state index in [2.05, 4.69) is 16.8 Å². The van der Waals surface area contributed by atoms with Crippen LogP contribution in [0.1, 0.15) is 15.9 Å². The summed E-state index contributed by atoms with van der Waals surface area (Å²) in [7, 11) is 2.14. The molecule has 2 aliphatic heterocycles. The van der Waals surface area contributed by atoms with Gasteiger partial charge in [0.2, 0.25) is 0 Å². The normalized spacial score (nSPS) is 23.1. The molecule has 1 saturated heterocycles. The predicted molar refractivity (Wildman–Crippen MR) is 85.7 cm³/mol. The molecule has 4 nitrogen and oxygen atoms in total. The number of aryl methyl sites for hydroxylation is 1.